The molecule has 0 spiro atoms. The third kappa shape index (κ3) is 2.82. The van der Waals surface area contributed by atoms with E-state index >= 15 is 0 Å². The van der Waals surface area contributed by atoms with Crippen molar-refractivity contribution in [3.8, 4) is 17.1 Å². The van der Waals surface area contributed by atoms with Gasteiger partial charge in [-0.2, -0.15) is 5.10 Å². The SMILES string of the molecule is O=Cc1cn(-c2ccccc2Br)nc1-c1ccc(Br)cn1. The van der Waals surface area contributed by atoms with Crippen LogP contribution in [-0.2, 0) is 0 Å². The number of hydrogen-bond acceptors (Lipinski definition) is 3. The molecule has 1 aromatic carbocycles. The normalized spacial score (nSPS) is 10.6. The van der Waals surface area contributed by atoms with Crippen LogP contribution in [0.4, 0.5) is 0 Å². The summed E-state index contributed by atoms with van der Waals surface area (Å²) in [5.41, 5.74) is 2.59. The number of nitrogens with zero attached hydrogens (tertiary/aromatic N) is 3. The molecule has 0 aliphatic heterocycles. The molecule has 0 saturated carbocycles. The number of carbonyl (C=O) groups is 1. The molecule has 0 N–H and O–H groups in total. The Morgan fingerprint density at radius 3 is 2.57 bits per heavy atom. The molecule has 6 heteroatoms. The van der Waals surface area contributed by atoms with E-state index in [9.17, 15) is 4.79 Å². The molecule has 104 valence electrons. The molecule has 0 aliphatic carbocycles. The highest BCUT2D eigenvalue weighted by Crippen LogP contribution is 2.25. The fourth-order valence-corrected chi connectivity index (χ4v) is 2.65. The van der Waals surface area contributed by atoms with Crippen molar-refractivity contribution in [3.63, 3.8) is 0 Å². The largest absolute Gasteiger partial charge is 0.298 e. The van der Waals surface area contributed by atoms with E-state index in [0.717, 1.165) is 20.9 Å². The van der Waals surface area contributed by atoms with Crippen molar-refractivity contribution in [2.75, 3.05) is 0 Å². The Hall–Kier alpha value is -1.79. The minimum atomic E-state index is 0.501. The molecule has 4 nitrogen and oxygen atoms in total. The van der Waals surface area contributed by atoms with Crippen LogP contribution in [-0.4, -0.2) is 21.1 Å². The molecule has 0 bridgehead atoms. The maximum absolute atomic E-state index is 11.3. The lowest BCUT2D eigenvalue weighted by atomic mass is 10.2. The molecule has 2 heterocycles. The summed E-state index contributed by atoms with van der Waals surface area (Å²) in [4.78, 5) is 15.6. The topological polar surface area (TPSA) is 47.8 Å². The van der Waals surface area contributed by atoms with E-state index in [1.165, 1.54) is 0 Å². The summed E-state index contributed by atoms with van der Waals surface area (Å²) in [7, 11) is 0. The van der Waals surface area contributed by atoms with Crippen LogP contribution in [0.15, 0.2) is 57.7 Å². The van der Waals surface area contributed by atoms with Gasteiger partial charge in [-0.25, -0.2) is 4.68 Å². The van der Waals surface area contributed by atoms with Crippen molar-refractivity contribution < 1.29 is 4.79 Å². The number of benzene rings is 1. The average Bonchev–Trinajstić information content (AvgIpc) is 2.92. The number of pyridine rings is 1. The maximum atomic E-state index is 11.3. The van der Waals surface area contributed by atoms with Crippen LogP contribution in [0.2, 0.25) is 0 Å². The Morgan fingerprint density at radius 1 is 1.10 bits per heavy atom. The van der Waals surface area contributed by atoms with Crippen molar-refractivity contribution in [1.82, 2.24) is 14.8 Å². The van der Waals surface area contributed by atoms with Crippen LogP contribution in [0, 0.1) is 0 Å². The summed E-state index contributed by atoms with van der Waals surface area (Å²) in [6, 6.07) is 11.4. The summed E-state index contributed by atoms with van der Waals surface area (Å²) < 4.78 is 3.46. The van der Waals surface area contributed by atoms with E-state index in [1.807, 2.05) is 36.4 Å². The van der Waals surface area contributed by atoms with E-state index < -0.39 is 0 Å². The molecule has 2 aromatic heterocycles. The third-order valence-corrected chi connectivity index (χ3v) is 4.08. The van der Waals surface area contributed by atoms with Crippen LogP contribution >= 0.6 is 31.9 Å². The van der Waals surface area contributed by atoms with Crippen LogP contribution in [0.5, 0.6) is 0 Å². The zero-order valence-electron chi connectivity index (χ0n) is 10.7. The Bertz CT molecular complexity index is 797. The monoisotopic (exact) mass is 405 g/mol. The first-order chi connectivity index (χ1) is 10.2. The van der Waals surface area contributed by atoms with Crippen molar-refractivity contribution >= 4 is 38.1 Å². The number of carbonyl (C=O) groups excluding carboxylic acids is 1. The van der Waals surface area contributed by atoms with Gasteiger partial charge in [0.25, 0.3) is 0 Å². The Kier molecular flexibility index (Phi) is 3.98. The zero-order chi connectivity index (χ0) is 14.8. The third-order valence-electron chi connectivity index (χ3n) is 2.94. The number of rotatable bonds is 3. The molecule has 21 heavy (non-hydrogen) atoms. The van der Waals surface area contributed by atoms with Gasteiger partial charge in [-0.15, -0.1) is 0 Å². The Balaban J connectivity index is 2.13. The predicted molar refractivity (Wildman–Crippen MR) is 87.6 cm³/mol. The molecule has 0 fully saturated rings. The van der Waals surface area contributed by atoms with Gasteiger partial charge in [-0.05, 0) is 56.1 Å². The lowest BCUT2D eigenvalue weighted by Gasteiger charge is -2.03. The lowest BCUT2D eigenvalue weighted by molar-refractivity contribution is 0.112. The maximum Gasteiger partial charge on any atom is 0.153 e. The van der Waals surface area contributed by atoms with Crippen LogP contribution in [0.1, 0.15) is 10.4 Å². The molecule has 3 rings (SSSR count). The molecule has 0 unspecified atom stereocenters. The second-order valence-corrected chi connectivity index (χ2v) is 6.08. The Labute approximate surface area is 138 Å². The lowest BCUT2D eigenvalue weighted by Crippen LogP contribution is -1.96. The minimum absolute atomic E-state index is 0.501. The second-order valence-electron chi connectivity index (χ2n) is 4.31. The standard InChI is InChI=1S/C15H9Br2N3O/c16-11-5-6-13(18-7-11)15-10(9-21)8-20(19-15)14-4-2-1-3-12(14)17/h1-9H. The Morgan fingerprint density at radius 2 is 1.90 bits per heavy atom. The first-order valence-corrected chi connectivity index (χ1v) is 7.69. The van der Waals surface area contributed by atoms with Crippen molar-refractivity contribution in [2.24, 2.45) is 0 Å². The average molecular weight is 407 g/mol. The summed E-state index contributed by atoms with van der Waals surface area (Å²) in [6.07, 6.45) is 4.17. The number of aromatic nitrogens is 3. The molecule has 3 aromatic rings. The number of para-hydroxylation sites is 1. The van der Waals surface area contributed by atoms with Gasteiger partial charge in [-0.1, -0.05) is 12.1 Å². The van der Waals surface area contributed by atoms with E-state index in [0.29, 0.717) is 17.0 Å². The molecule has 0 radical (unpaired) electrons. The van der Waals surface area contributed by atoms with Crippen LogP contribution in [0.25, 0.3) is 17.1 Å². The van der Waals surface area contributed by atoms with Gasteiger partial charge in [0, 0.05) is 21.3 Å². The van der Waals surface area contributed by atoms with Gasteiger partial charge in [0.2, 0.25) is 0 Å². The van der Waals surface area contributed by atoms with E-state index in [4.69, 9.17) is 0 Å². The number of aldehydes is 1. The van der Waals surface area contributed by atoms with Gasteiger partial charge in [-0.3, -0.25) is 9.78 Å². The highest BCUT2D eigenvalue weighted by molar-refractivity contribution is 9.10. The van der Waals surface area contributed by atoms with E-state index in [2.05, 4.69) is 41.9 Å². The van der Waals surface area contributed by atoms with Gasteiger partial charge in [0.05, 0.1) is 16.9 Å². The summed E-state index contributed by atoms with van der Waals surface area (Å²) in [5.74, 6) is 0. The minimum Gasteiger partial charge on any atom is -0.298 e. The van der Waals surface area contributed by atoms with Crippen molar-refractivity contribution in [1.29, 1.82) is 0 Å². The quantitative estimate of drug-likeness (QED) is 0.610. The summed E-state index contributed by atoms with van der Waals surface area (Å²) in [6.45, 7) is 0. The highest BCUT2D eigenvalue weighted by Gasteiger charge is 2.13. The fourth-order valence-electron chi connectivity index (χ4n) is 1.95. The van der Waals surface area contributed by atoms with Gasteiger partial charge in [0.15, 0.2) is 6.29 Å². The molecule has 0 atom stereocenters. The number of hydrogen-bond donors (Lipinski definition) is 0. The van der Waals surface area contributed by atoms with E-state index in [-0.39, 0.29) is 0 Å². The summed E-state index contributed by atoms with van der Waals surface area (Å²) >= 11 is 6.82. The fraction of sp³-hybridized carbons (Fsp3) is 0. The zero-order valence-corrected chi connectivity index (χ0v) is 13.9. The van der Waals surface area contributed by atoms with Crippen LogP contribution < -0.4 is 0 Å². The van der Waals surface area contributed by atoms with Crippen molar-refractivity contribution in [2.45, 2.75) is 0 Å². The summed E-state index contributed by atoms with van der Waals surface area (Å²) in [5, 5.41) is 4.49. The number of halogens is 2. The van der Waals surface area contributed by atoms with Gasteiger partial charge < -0.3 is 0 Å². The molecular formula is C15H9Br2N3O. The first-order valence-electron chi connectivity index (χ1n) is 6.10. The molecule has 0 amide bonds. The molecular weight excluding hydrogens is 398 g/mol. The predicted octanol–water partition coefficient (Wildman–Crippen LogP) is 4.27. The van der Waals surface area contributed by atoms with Gasteiger partial charge >= 0.3 is 0 Å². The first kappa shape index (κ1) is 14.2. The van der Waals surface area contributed by atoms with Crippen LogP contribution in [0.3, 0.4) is 0 Å². The van der Waals surface area contributed by atoms with E-state index in [1.54, 1.807) is 17.1 Å². The molecule has 0 saturated heterocycles. The second kappa shape index (κ2) is 5.91. The highest BCUT2D eigenvalue weighted by atomic mass is 79.9. The smallest absolute Gasteiger partial charge is 0.153 e. The van der Waals surface area contributed by atoms with Crippen molar-refractivity contribution in [3.05, 3.63) is 63.3 Å². The molecule has 0 aliphatic rings. The van der Waals surface area contributed by atoms with Gasteiger partial charge in [0.1, 0.15) is 5.69 Å².